The second kappa shape index (κ2) is 6.95. The summed E-state index contributed by atoms with van der Waals surface area (Å²) < 4.78 is 18.7. The van der Waals surface area contributed by atoms with E-state index in [0.717, 1.165) is 18.2 Å². The summed E-state index contributed by atoms with van der Waals surface area (Å²) in [5.74, 6) is -1.36. The lowest BCUT2D eigenvalue weighted by Gasteiger charge is -2.27. The fourth-order valence-electron chi connectivity index (χ4n) is 1.93. The molecule has 0 aliphatic heterocycles. The summed E-state index contributed by atoms with van der Waals surface area (Å²) in [7, 11) is 1.50. The van der Waals surface area contributed by atoms with Crippen LogP contribution >= 0.6 is 0 Å². The molecule has 0 bridgehead atoms. The van der Waals surface area contributed by atoms with Crippen LogP contribution in [0.15, 0.2) is 18.2 Å². The van der Waals surface area contributed by atoms with Gasteiger partial charge in [-0.2, -0.15) is 0 Å². The number of non-ortho nitro benzene ring substituents is 1. The topological polar surface area (TPSA) is 72.7 Å². The zero-order chi connectivity index (χ0) is 15.3. The van der Waals surface area contributed by atoms with E-state index in [4.69, 9.17) is 4.74 Å². The molecule has 20 heavy (non-hydrogen) atoms. The molecule has 0 aromatic heterocycles. The highest BCUT2D eigenvalue weighted by molar-refractivity contribution is 5.95. The first-order valence-electron chi connectivity index (χ1n) is 6.16. The number of nitrogens with zero attached hydrogens (tertiary/aromatic N) is 2. The number of hydrogen-bond acceptors (Lipinski definition) is 4. The standard InChI is InChI=1S/C13H17FN2O4/c1-4-15(9(2)8-20-3)13(17)11-7-10(16(18)19)5-6-12(11)14/h5-7,9H,4,8H2,1-3H3. The van der Waals surface area contributed by atoms with Gasteiger partial charge in [0.25, 0.3) is 11.6 Å². The van der Waals surface area contributed by atoms with Crippen molar-refractivity contribution >= 4 is 11.6 Å². The van der Waals surface area contributed by atoms with Gasteiger partial charge in [0.15, 0.2) is 0 Å². The van der Waals surface area contributed by atoms with E-state index in [1.165, 1.54) is 12.0 Å². The van der Waals surface area contributed by atoms with Crippen LogP contribution in [0.1, 0.15) is 24.2 Å². The van der Waals surface area contributed by atoms with Gasteiger partial charge in [0, 0.05) is 25.8 Å². The second-order valence-corrected chi connectivity index (χ2v) is 4.32. The number of carbonyl (C=O) groups is 1. The van der Waals surface area contributed by atoms with Crippen LogP contribution < -0.4 is 0 Å². The Bertz CT molecular complexity index is 507. The number of nitro benzene ring substituents is 1. The van der Waals surface area contributed by atoms with Crippen molar-refractivity contribution in [2.24, 2.45) is 0 Å². The normalized spacial score (nSPS) is 12.0. The van der Waals surface area contributed by atoms with Crippen molar-refractivity contribution in [1.82, 2.24) is 4.90 Å². The lowest BCUT2D eigenvalue weighted by atomic mass is 10.1. The molecule has 0 aliphatic rings. The zero-order valence-corrected chi connectivity index (χ0v) is 11.6. The number of halogens is 1. The van der Waals surface area contributed by atoms with Gasteiger partial charge in [-0.15, -0.1) is 0 Å². The van der Waals surface area contributed by atoms with E-state index in [0.29, 0.717) is 13.2 Å². The largest absolute Gasteiger partial charge is 0.383 e. The summed E-state index contributed by atoms with van der Waals surface area (Å²) in [5.41, 5.74) is -0.616. The Morgan fingerprint density at radius 2 is 2.20 bits per heavy atom. The Balaban J connectivity index is 3.11. The second-order valence-electron chi connectivity index (χ2n) is 4.32. The van der Waals surface area contributed by atoms with Crippen molar-refractivity contribution in [1.29, 1.82) is 0 Å². The lowest BCUT2D eigenvalue weighted by molar-refractivity contribution is -0.384. The number of ether oxygens (including phenoxy) is 1. The molecular formula is C13H17FN2O4. The van der Waals surface area contributed by atoms with E-state index < -0.39 is 16.6 Å². The molecule has 1 unspecified atom stereocenters. The monoisotopic (exact) mass is 284 g/mol. The third kappa shape index (κ3) is 3.51. The van der Waals surface area contributed by atoms with Gasteiger partial charge in [0.2, 0.25) is 0 Å². The van der Waals surface area contributed by atoms with Crippen LogP contribution in [0.25, 0.3) is 0 Å². The van der Waals surface area contributed by atoms with Gasteiger partial charge in [-0.3, -0.25) is 14.9 Å². The smallest absolute Gasteiger partial charge is 0.270 e. The highest BCUT2D eigenvalue weighted by Crippen LogP contribution is 2.19. The van der Waals surface area contributed by atoms with Crippen LogP contribution in [0.3, 0.4) is 0 Å². The van der Waals surface area contributed by atoms with Crippen LogP contribution in [-0.2, 0) is 4.74 Å². The number of likely N-dealkylation sites (N-methyl/N-ethyl adjacent to an activating group) is 1. The first-order chi connectivity index (χ1) is 9.42. The van der Waals surface area contributed by atoms with Gasteiger partial charge in [-0.05, 0) is 19.9 Å². The zero-order valence-electron chi connectivity index (χ0n) is 11.6. The molecule has 0 saturated carbocycles. The van der Waals surface area contributed by atoms with Crippen molar-refractivity contribution in [3.63, 3.8) is 0 Å². The lowest BCUT2D eigenvalue weighted by Crippen LogP contribution is -2.41. The molecule has 0 N–H and O–H groups in total. The maximum atomic E-state index is 13.7. The third-order valence-corrected chi connectivity index (χ3v) is 2.93. The van der Waals surface area contributed by atoms with E-state index >= 15 is 0 Å². The Hall–Kier alpha value is -2.02. The Labute approximate surface area is 116 Å². The van der Waals surface area contributed by atoms with Crippen molar-refractivity contribution in [3.05, 3.63) is 39.7 Å². The summed E-state index contributed by atoms with van der Waals surface area (Å²) in [5, 5.41) is 10.7. The van der Waals surface area contributed by atoms with Crippen molar-refractivity contribution in [2.45, 2.75) is 19.9 Å². The Kier molecular flexibility index (Phi) is 5.57. The highest BCUT2D eigenvalue weighted by Gasteiger charge is 2.24. The van der Waals surface area contributed by atoms with E-state index in [1.807, 2.05) is 0 Å². The molecule has 1 aromatic rings. The average molecular weight is 284 g/mol. The van der Waals surface area contributed by atoms with Crippen LogP contribution in [-0.4, -0.2) is 42.0 Å². The molecule has 6 nitrogen and oxygen atoms in total. The number of methoxy groups -OCH3 is 1. The van der Waals surface area contributed by atoms with Crippen LogP contribution in [0.2, 0.25) is 0 Å². The summed E-state index contributed by atoms with van der Waals surface area (Å²) in [6, 6.07) is 2.66. The molecule has 0 fully saturated rings. The molecule has 0 heterocycles. The van der Waals surface area contributed by atoms with Crippen LogP contribution in [0.4, 0.5) is 10.1 Å². The minimum Gasteiger partial charge on any atom is -0.383 e. The minimum atomic E-state index is -0.774. The Morgan fingerprint density at radius 3 is 2.70 bits per heavy atom. The van der Waals surface area contributed by atoms with Crippen molar-refractivity contribution in [3.8, 4) is 0 Å². The first kappa shape index (κ1) is 16.0. The van der Waals surface area contributed by atoms with Gasteiger partial charge >= 0.3 is 0 Å². The number of rotatable bonds is 6. The van der Waals surface area contributed by atoms with Crippen LogP contribution in [0, 0.1) is 15.9 Å². The molecule has 110 valence electrons. The Morgan fingerprint density at radius 1 is 1.55 bits per heavy atom. The average Bonchev–Trinajstić information content (AvgIpc) is 2.39. The van der Waals surface area contributed by atoms with E-state index in [2.05, 4.69) is 0 Å². The van der Waals surface area contributed by atoms with E-state index in [-0.39, 0.29) is 17.3 Å². The number of benzene rings is 1. The van der Waals surface area contributed by atoms with Gasteiger partial charge in [0.05, 0.1) is 23.1 Å². The molecular weight excluding hydrogens is 267 g/mol. The molecule has 0 radical (unpaired) electrons. The van der Waals surface area contributed by atoms with Gasteiger partial charge in [-0.25, -0.2) is 4.39 Å². The number of carbonyl (C=O) groups excluding carboxylic acids is 1. The summed E-state index contributed by atoms with van der Waals surface area (Å²) >= 11 is 0. The third-order valence-electron chi connectivity index (χ3n) is 2.93. The predicted octanol–water partition coefficient (Wildman–Crippen LogP) is 2.23. The quantitative estimate of drug-likeness (QED) is 0.593. The number of nitro groups is 1. The summed E-state index contributed by atoms with van der Waals surface area (Å²) in [6.45, 7) is 4.17. The predicted molar refractivity (Wildman–Crippen MR) is 71.1 cm³/mol. The van der Waals surface area contributed by atoms with Gasteiger partial charge < -0.3 is 9.64 Å². The fourth-order valence-corrected chi connectivity index (χ4v) is 1.93. The van der Waals surface area contributed by atoms with E-state index in [1.54, 1.807) is 13.8 Å². The first-order valence-corrected chi connectivity index (χ1v) is 6.16. The minimum absolute atomic E-state index is 0.254. The highest BCUT2D eigenvalue weighted by atomic mass is 19.1. The maximum Gasteiger partial charge on any atom is 0.270 e. The molecule has 0 spiro atoms. The SMILES string of the molecule is CCN(C(=O)c1cc([N+](=O)[O-])ccc1F)C(C)COC. The van der Waals surface area contributed by atoms with Crippen molar-refractivity contribution < 1.29 is 18.8 Å². The molecule has 7 heteroatoms. The summed E-state index contributed by atoms with van der Waals surface area (Å²) in [4.78, 5) is 23.7. The molecule has 1 aromatic carbocycles. The number of hydrogen-bond donors (Lipinski definition) is 0. The molecule has 0 aliphatic carbocycles. The molecule has 1 amide bonds. The molecule has 0 saturated heterocycles. The molecule has 1 rings (SSSR count). The summed E-state index contributed by atoms with van der Waals surface area (Å²) in [6.07, 6.45) is 0. The maximum absolute atomic E-state index is 13.7. The fraction of sp³-hybridized carbons (Fsp3) is 0.462. The van der Waals surface area contributed by atoms with Gasteiger partial charge in [0.1, 0.15) is 5.82 Å². The van der Waals surface area contributed by atoms with Gasteiger partial charge in [-0.1, -0.05) is 0 Å². The van der Waals surface area contributed by atoms with Crippen LogP contribution in [0.5, 0.6) is 0 Å². The van der Waals surface area contributed by atoms with E-state index in [9.17, 15) is 19.3 Å². The van der Waals surface area contributed by atoms with Crippen molar-refractivity contribution in [2.75, 3.05) is 20.3 Å². The number of amides is 1. The molecule has 1 atom stereocenters.